The van der Waals surface area contributed by atoms with Crippen molar-refractivity contribution in [3.05, 3.63) is 0 Å². The van der Waals surface area contributed by atoms with Crippen molar-refractivity contribution in [1.29, 1.82) is 0 Å². The number of rotatable bonds is 6. The maximum absolute atomic E-state index is 9.99. The fourth-order valence-corrected chi connectivity index (χ4v) is 3.20. The van der Waals surface area contributed by atoms with Crippen molar-refractivity contribution < 1.29 is 9.84 Å². The summed E-state index contributed by atoms with van der Waals surface area (Å²) < 4.78 is 5.87. The fourth-order valence-electron chi connectivity index (χ4n) is 3.20. The average molecular weight is 302 g/mol. The van der Waals surface area contributed by atoms with E-state index in [1.54, 1.807) is 0 Å². The Balaban J connectivity index is 0.00000200. The van der Waals surface area contributed by atoms with Crippen molar-refractivity contribution in [1.82, 2.24) is 5.32 Å². The first-order valence-electron chi connectivity index (χ1n) is 7.77. The summed E-state index contributed by atoms with van der Waals surface area (Å²) in [7, 11) is 0. The Morgan fingerprint density at radius 2 is 1.85 bits per heavy atom. The smallest absolute Gasteiger partial charge is 0.128 e. The molecule has 0 aromatic rings. The third-order valence-electron chi connectivity index (χ3n) is 4.47. The molecule has 2 aliphatic carbocycles. The molecule has 0 heterocycles. The lowest BCUT2D eigenvalue weighted by molar-refractivity contribution is -0.0633. The molecule has 0 aromatic heterocycles. The maximum atomic E-state index is 9.99. The molecule has 2 aliphatic rings. The van der Waals surface area contributed by atoms with Crippen molar-refractivity contribution >= 4 is 12.4 Å². The highest BCUT2D eigenvalue weighted by Crippen LogP contribution is 2.31. The zero-order chi connectivity index (χ0) is 13.6. The third kappa shape index (κ3) is 5.26. The van der Waals surface area contributed by atoms with Crippen molar-refractivity contribution in [3.8, 4) is 12.3 Å². The third-order valence-corrected chi connectivity index (χ3v) is 4.47. The van der Waals surface area contributed by atoms with Crippen LogP contribution in [0.15, 0.2) is 0 Å². The highest BCUT2D eigenvalue weighted by Gasteiger charge is 2.31. The predicted octanol–water partition coefficient (Wildman–Crippen LogP) is 2.65. The maximum Gasteiger partial charge on any atom is 0.128 e. The second-order valence-corrected chi connectivity index (χ2v) is 6.05. The van der Waals surface area contributed by atoms with Gasteiger partial charge in [0.05, 0.1) is 12.7 Å². The molecule has 2 fully saturated rings. The van der Waals surface area contributed by atoms with E-state index in [9.17, 15) is 5.11 Å². The number of hydrogen-bond donors (Lipinski definition) is 2. The molecule has 2 rings (SSSR count). The van der Waals surface area contributed by atoms with Gasteiger partial charge in [0.2, 0.25) is 0 Å². The van der Waals surface area contributed by atoms with Crippen LogP contribution in [0.1, 0.15) is 57.8 Å². The molecule has 116 valence electrons. The minimum atomic E-state index is -0.451. The van der Waals surface area contributed by atoms with E-state index in [4.69, 9.17) is 11.2 Å². The Bertz CT molecular complexity index is 304. The van der Waals surface area contributed by atoms with Gasteiger partial charge >= 0.3 is 0 Å². The molecule has 0 bridgehead atoms. The van der Waals surface area contributed by atoms with E-state index in [0.717, 1.165) is 25.7 Å². The van der Waals surface area contributed by atoms with Gasteiger partial charge in [-0.2, -0.15) is 0 Å². The molecule has 3 nitrogen and oxygen atoms in total. The first-order valence-corrected chi connectivity index (χ1v) is 7.77. The van der Waals surface area contributed by atoms with Crippen LogP contribution in [-0.4, -0.2) is 36.0 Å². The standard InChI is InChI=1S/C16H27NO2.ClH/c1-2-16(10-6-3-7-11-16)19-13-15(18)12-17-14-8-4-5-9-14;/h1,14-15,17-18H,3-13H2;1H. The Labute approximate surface area is 129 Å². The average Bonchev–Trinajstić information content (AvgIpc) is 2.97. The molecule has 0 radical (unpaired) electrons. The number of halogens is 1. The van der Waals surface area contributed by atoms with E-state index in [1.165, 1.54) is 32.1 Å². The SMILES string of the molecule is C#CC1(OCC(O)CNC2CCCC2)CCCCC1.Cl. The van der Waals surface area contributed by atoms with Crippen LogP contribution in [0, 0.1) is 12.3 Å². The van der Waals surface area contributed by atoms with Crippen molar-refractivity contribution in [2.24, 2.45) is 0 Å². The van der Waals surface area contributed by atoms with Gasteiger partial charge in [-0.25, -0.2) is 0 Å². The lowest BCUT2D eigenvalue weighted by Gasteiger charge is -2.33. The predicted molar refractivity (Wildman–Crippen MR) is 84.1 cm³/mol. The Hall–Kier alpha value is -0.270. The van der Waals surface area contributed by atoms with Crippen LogP contribution < -0.4 is 5.32 Å². The molecule has 0 saturated heterocycles. The van der Waals surface area contributed by atoms with Gasteiger partial charge in [-0.1, -0.05) is 25.2 Å². The molecule has 20 heavy (non-hydrogen) atoms. The quantitative estimate of drug-likeness (QED) is 0.741. The fraction of sp³-hybridized carbons (Fsp3) is 0.875. The summed E-state index contributed by atoms with van der Waals surface area (Å²) in [6.45, 7) is 0.967. The number of aliphatic hydroxyl groups excluding tert-OH is 1. The summed E-state index contributed by atoms with van der Waals surface area (Å²) in [6, 6.07) is 0.589. The molecule has 1 atom stereocenters. The van der Waals surface area contributed by atoms with Gasteiger partial charge in [-0.3, -0.25) is 0 Å². The lowest BCUT2D eigenvalue weighted by atomic mass is 9.85. The molecule has 0 aromatic carbocycles. The van der Waals surface area contributed by atoms with Crippen molar-refractivity contribution in [3.63, 3.8) is 0 Å². The van der Waals surface area contributed by atoms with Crippen LogP contribution in [0.25, 0.3) is 0 Å². The van der Waals surface area contributed by atoms with Gasteiger partial charge in [-0.05, 0) is 38.5 Å². The van der Waals surface area contributed by atoms with Crippen LogP contribution in [0.3, 0.4) is 0 Å². The van der Waals surface area contributed by atoms with E-state index in [0.29, 0.717) is 19.2 Å². The number of ether oxygens (including phenoxy) is 1. The van der Waals surface area contributed by atoms with Gasteiger partial charge in [0, 0.05) is 12.6 Å². The summed E-state index contributed by atoms with van der Waals surface area (Å²) in [5, 5.41) is 13.4. The number of nitrogens with one attached hydrogen (secondary N) is 1. The summed E-state index contributed by atoms with van der Waals surface area (Å²) >= 11 is 0. The first kappa shape index (κ1) is 17.8. The van der Waals surface area contributed by atoms with E-state index < -0.39 is 11.7 Å². The van der Waals surface area contributed by atoms with E-state index in [2.05, 4.69) is 11.2 Å². The van der Waals surface area contributed by atoms with Crippen molar-refractivity contribution in [2.45, 2.75) is 75.5 Å². The molecule has 0 aliphatic heterocycles. The molecular formula is C16H28ClNO2. The van der Waals surface area contributed by atoms with E-state index in [1.807, 2.05) is 0 Å². The summed E-state index contributed by atoms with van der Waals surface area (Å²) in [4.78, 5) is 0. The van der Waals surface area contributed by atoms with E-state index >= 15 is 0 Å². The van der Waals surface area contributed by atoms with Gasteiger partial charge in [0.15, 0.2) is 0 Å². The lowest BCUT2D eigenvalue weighted by Crippen LogP contribution is -2.40. The second kappa shape index (κ2) is 8.89. The molecule has 2 saturated carbocycles. The first-order chi connectivity index (χ1) is 9.24. The molecule has 4 heteroatoms. The van der Waals surface area contributed by atoms with Gasteiger partial charge < -0.3 is 15.2 Å². The normalized spacial score (nSPS) is 23.8. The monoisotopic (exact) mass is 301 g/mol. The highest BCUT2D eigenvalue weighted by atomic mass is 35.5. The Morgan fingerprint density at radius 3 is 2.45 bits per heavy atom. The van der Waals surface area contributed by atoms with Gasteiger partial charge in [0.25, 0.3) is 0 Å². The topological polar surface area (TPSA) is 41.5 Å². The summed E-state index contributed by atoms with van der Waals surface area (Å²) in [6.07, 6.45) is 15.7. The number of terminal acetylenes is 1. The minimum absolute atomic E-state index is 0. The molecule has 0 amide bonds. The summed E-state index contributed by atoms with van der Waals surface area (Å²) in [5.41, 5.74) is -0.410. The largest absolute Gasteiger partial charge is 0.389 e. The molecular weight excluding hydrogens is 274 g/mol. The van der Waals surface area contributed by atoms with Crippen LogP contribution in [0.2, 0.25) is 0 Å². The zero-order valence-corrected chi connectivity index (χ0v) is 13.1. The van der Waals surface area contributed by atoms with E-state index in [-0.39, 0.29) is 12.4 Å². The molecule has 1 unspecified atom stereocenters. The number of hydrogen-bond acceptors (Lipinski definition) is 3. The molecule has 0 spiro atoms. The van der Waals surface area contributed by atoms with Gasteiger partial charge in [-0.15, -0.1) is 18.8 Å². The van der Waals surface area contributed by atoms with Crippen LogP contribution in [0.4, 0.5) is 0 Å². The van der Waals surface area contributed by atoms with Crippen LogP contribution >= 0.6 is 12.4 Å². The number of aliphatic hydroxyl groups is 1. The van der Waals surface area contributed by atoms with Crippen molar-refractivity contribution in [2.75, 3.05) is 13.2 Å². The highest BCUT2D eigenvalue weighted by molar-refractivity contribution is 5.85. The molecule has 2 N–H and O–H groups in total. The zero-order valence-electron chi connectivity index (χ0n) is 12.3. The minimum Gasteiger partial charge on any atom is -0.389 e. The Kier molecular flexibility index (Phi) is 7.91. The van der Waals surface area contributed by atoms with Crippen LogP contribution in [0.5, 0.6) is 0 Å². The summed E-state index contributed by atoms with van der Waals surface area (Å²) in [5.74, 6) is 2.82. The van der Waals surface area contributed by atoms with Crippen LogP contribution in [-0.2, 0) is 4.74 Å². The van der Waals surface area contributed by atoms with Gasteiger partial charge in [0.1, 0.15) is 5.60 Å². The Morgan fingerprint density at radius 1 is 1.20 bits per heavy atom. The second-order valence-electron chi connectivity index (χ2n) is 6.05.